The Morgan fingerprint density at radius 3 is 2.75 bits per heavy atom. The Balaban J connectivity index is 0.00000147. The Morgan fingerprint density at radius 1 is 1.20 bits per heavy atom. The summed E-state index contributed by atoms with van der Waals surface area (Å²) in [5.41, 5.74) is 0.980. The summed E-state index contributed by atoms with van der Waals surface area (Å²) in [6.45, 7) is 4.17. The van der Waals surface area contributed by atoms with Gasteiger partial charge in [0.15, 0.2) is 0 Å². The normalized spacial score (nSPS) is 19.6. The highest BCUT2D eigenvalue weighted by molar-refractivity contribution is 5.85. The molecule has 5 heteroatoms. The maximum absolute atomic E-state index is 5.76. The summed E-state index contributed by atoms with van der Waals surface area (Å²) in [5, 5.41) is 8.30. The molecular weight excluding hydrogens is 274 g/mol. The van der Waals surface area contributed by atoms with E-state index < -0.39 is 0 Å². The average Bonchev–Trinajstić information content (AvgIpc) is 2.91. The Hall–Kier alpha value is -1.39. The third kappa shape index (κ3) is 3.38. The molecule has 0 bridgehead atoms. The minimum Gasteiger partial charge on any atom is -0.419 e. The first-order valence-electron chi connectivity index (χ1n) is 6.95. The molecule has 108 valence electrons. The lowest BCUT2D eigenvalue weighted by atomic mass is 10.0. The quantitative estimate of drug-likeness (QED) is 0.868. The zero-order valence-electron chi connectivity index (χ0n) is 11.7. The Morgan fingerprint density at radius 2 is 2.00 bits per heavy atom. The molecule has 2 aromatic rings. The number of rotatable bonds is 3. The summed E-state index contributed by atoms with van der Waals surface area (Å²) < 4.78 is 5.76. The van der Waals surface area contributed by atoms with Crippen LogP contribution in [0.15, 0.2) is 34.7 Å². The first-order chi connectivity index (χ1) is 9.33. The van der Waals surface area contributed by atoms with E-state index in [1.165, 1.54) is 19.3 Å². The van der Waals surface area contributed by atoms with Crippen LogP contribution < -0.4 is 0 Å². The molecule has 1 unspecified atom stereocenters. The molecule has 1 aromatic heterocycles. The van der Waals surface area contributed by atoms with Crippen LogP contribution in [0, 0.1) is 0 Å². The minimum absolute atomic E-state index is 0. The standard InChI is InChI=1S/C15H19N3O.ClH/c1-12-7-5-6-10-18(12)11-14-16-17-15(19-14)13-8-3-2-4-9-13;/h2-4,8-9,12H,5-7,10-11H2,1H3;1H. The number of nitrogens with zero attached hydrogens (tertiary/aromatic N) is 3. The molecular formula is C15H20ClN3O. The van der Waals surface area contributed by atoms with Crippen LogP contribution in [-0.2, 0) is 6.54 Å². The summed E-state index contributed by atoms with van der Waals surface area (Å²) in [4.78, 5) is 2.42. The lowest BCUT2D eigenvalue weighted by Crippen LogP contribution is -2.36. The molecule has 1 aliphatic heterocycles. The molecule has 20 heavy (non-hydrogen) atoms. The SMILES string of the molecule is CC1CCCCN1Cc1nnc(-c2ccccc2)o1.Cl. The van der Waals surface area contributed by atoms with Crippen molar-refractivity contribution in [3.05, 3.63) is 36.2 Å². The van der Waals surface area contributed by atoms with Gasteiger partial charge in [-0.15, -0.1) is 22.6 Å². The zero-order valence-corrected chi connectivity index (χ0v) is 12.5. The Bertz CT molecular complexity index is 529. The molecule has 0 amide bonds. The van der Waals surface area contributed by atoms with Crippen LogP contribution in [0.1, 0.15) is 32.1 Å². The zero-order chi connectivity index (χ0) is 13.1. The molecule has 0 aliphatic carbocycles. The molecule has 4 nitrogen and oxygen atoms in total. The number of halogens is 1. The van der Waals surface area contributed by atoms with Crippen LogP contribution in [0.5, 0.6) is 0 Å². The third-order valence-corrected chi connectivity index (χ3v) is 3.77. The van der Waals surface area contributed by atoms with Crippen LogP contribution in [0.3, 0.4) is 0 Å². The number of hydrogen-bond acceptors (Lipinski definition) is 4. The van der Waals surface area contributed by atoms with E-state index in [0.29, 0.717) is 17.8 Å². The molecule has 3 rings (SSSR count). The molecule has 1 aromatic carbocycles. The average molecular weight is 294 g/mol. The fraction of sp³-hybridized carbons (Fsp3) is 0.467. The lowest BCUT2D eigenvalue weighted by Gasteiger charge is -2.31. The molecule has 2 heterocycles. The second kappa shape index (κ2) is 6.86. The molecule has 1 aliphatic rings. The van der Waals surface area contributed by atoms with Gasteiger partial charge in [0.1, 0.15) is 0 Å². The van der Waals surface area contributed by atoms with Crippen LogP contribution in [-0.4, -0.2) is 27.7 Å². The van der Waals surface area contributed by atoms with Gasteiger partial charge < -0.3 is 4.42 Å². The van der Waals surface area contributed by atoms with E-state index in [9.17, 15) is 0 Å². The largest absolute Gasteiger partial charge is 0.419 e. The first kappa shape index (κ1) is 15.0. The van der Waals surface area contributed by atoms with E-state index >= 15 is 0 Å². The van der Waals surface area contributed by atoms with Crippen molar-refractivity contribution in [3.63, 3.8) is 0 Å². The van der Waals surface area contributed by atoms with Crippen molar-refractivity contribution >= 4 is 12.4 Å². The molecule has 0 N–H and O–H groups in total. The predicted molar refractivity (Wildman–Crippen MR) is 80.7 cm³/mol. The highest BCUT2D eigenvalue weighted by atomic mass is 35.5. The van der Waals surface area contributed by atoms with E-state index in [2.05, 4.69) is 22.0 Å². The van der Waals surface area contributed by atoms with Crippen molar-refractivity contribution in [2.75, 3.05) is 6.54 Å². The van der Waals surface area contributed by atoms with Gasteiger partial charge >= 0.3 is 0 Å². The molecule has 1 atom stereocenters. The summed E-state index contributed by atoms with van der Waals surface area (Å²) in [6, 6.07) is 10.5. The van der Waals surface area contributed by atoms with Crippen molar-refractivity contribution in [1.29, 1.82) is 0 Å². The van der Waals surface area contributed by atoms with E-state index in [1.807, 2.05) is 30.3 Å². The number of piperidine rings is 1. The van der Waals surface area contributed by atoms with Crippen LogP contribution in [0.2, 0.25) is 0 Å². The fourth-order valence-corrected chi connectivity index (χ4v) is 2.58. The monoisotopic (exact) mass is 293 g/mol. The number of aromatic nitrogens is 2. The Labute approximate surface area is 125 Å². The maximum Gasteiger partial charge on any atom is 0.247 e. The van der Waals surface area contributed by atoms with Crippen LogP contribution >= 0.6 is 12.4 Å². The highest BCUT2D eigenvalue weighted by Crippen LogP contribution is 2.21. The van der Waals surface area contributed by atoms with Gasteiger partial charge in [-0.25, -0.2) is 0 Å². The smallest absolute Gasteiger partial charge is 0.247 e. The van der Waals surface area contributed by atoms with Gasteiger partial charge in [-0.3, -0.25) is 4.90 Å². The minimum atomic E-state index is 0. The van der Waals surface area contributed by atoms with E-state index in [-0.39, 0.29) is 12.4 Å². The van der Waals surface area contributed by atoms with Crippen molar-refractivity contribution in [3.8, 4) is 11.5 Å². The van der Waals surface area contributed by atoms with Gasteiger partial charge in [0, 0.05) is 11.6 Å². The van der Waals surface area contributed by atoms with Gasteiger partial charge in [0.2, 0.25) is 11.8 Å². The van der Waals surface area contributed by atoms with E-state index in [0.717, 1.165) is 18.7 Å². The molecule has 0 spiro atoms. The van der Waals surface area contributed by atoms with Crippen molar-refractivity contribution in [2.24, 2.45) is 0 Å². The summed E-state index contributed by atoms with van der Waals surface area (Å²) in [7, 11) is 0. The van der Waals surface area contributed by atoms with Gasteiger partial charge in [0.05, 0.1) is 6.54 Å². The first-order valence-corrected chi connectivity index (χ1v) is 6.95. The third-order valence-electron chi connectivity index (χ3n) is 3.77. The van der Waals surface area contributed by atoms with Gasteiger partial charge in [-0.1, -0.05) is 24.6 Å². The molecule has 1 fully saturated rings. The van der Waals surface area contributed by atoms with E-state index in [4.69, 9.17) is 4.42 Å². The molecule has 1 saturated heterocycles. The van der Waals surface area contributed by atoms with Crippen molar-refractivity contribution in [1.82, 2.24) is 15.1 Å². The highest BCUT2D eigenvalue weighted by Gasteiger charge is 2.20. The lowest BCUT2D eigenvalue weighted by molar-refractivity contribution is 0.139. The molecule has 0 saturated carbocycles. The second-order valence-corrected chi connectivity index (χ2v) is 5.18. The fourth-order valence-electron chi connectivity index (χ4n) is 2.58. The predicted octanol–water partition coefficient (Wildman–Crippen LogP) is 3.53. The summed E-state index contributed by atoms with van der Waals surface area (Å²) in [5.74, 6) is 1.33. The summed E-state index contributed by atoms with van der Waals surface area (Å²) in [6.07, 6.45) is 3.86. The van der Waals surface area contributed by atoms with Crippen LogP contribution in [0.25, 0.3) is 11.5 Å². The second-order valence-electron chi connectivity index (χ2n) is 5.18. The van der Waals surface area contributed by atoms with Crippen molar-refractivity contribution < 1.29 is 4.42 Å². The maximum atomic E-state index is 5.76. The topological polar surface area (TPSA) is 42.2 Å². The molecule has 0 radical (unpaired) electrons. The number of benzene rings is 1. The number of hydrogen-bond donors (Lipinski definition) is 0. The summed E-state index contributed by atoms with van der Waals surface area (Å²) >= 11 is 0. The van der Waals surface area contributed by atoms with E-state index in [1.54, 1.807) is 0 Å². The van der Waals surface area contributed by atoms with Gasteiger partial charge in [-0.05, 0) is 38.4 Å². The van der Waals surface area contributed by atoms with Crippen molar-refractivity contribution in [2.45, 2.75) is 38.8 Å². The van der Waals surface area contributed by atoms with Crippen LogP contribution in [0.4, 0.5) is 0 Å². The number of likely N-dealkylation sites (tertiary alicyclic amines) is 1. The van der Waals surface area contributed by atoms with Gasteiger partial charge in [0.25, 0.3) is 0 Å². The Kier molecular flexibility index (Phi) is 5.15. The van der Waals surface area contributed by atoms with Gasteiger partial charge in [-0.2, -0.15) is 0 Å².